The van der Waals surface area contributed by atoms with Gasteiger partial charge < -0.3 is 14.5 Å². The summed E-state index contributed by atoms with van der Waals surface area (Å²) in [7, 11) is 2.11. The second-order valence-electron chi connectivity index (χ2n) is 4.12. The Morgan fingerprint density at radius 2 is 1.93 bits per heavy atom. The third kappa shape index (κ3) is 5.67. The summed E-state index contributed by atoms with van der Waals surface area (Å²) < 4.78 is 5.30. The van der Waals surface area contributed by atoms with Crippen molar-refractivity contribution in [3.8, 4) is 0 Å². The molecule has 0 N–H and O–H groups in total. The lowest BCUT2D eigenvalue weighted by atomic mass is 10.2. The molecule has 1 heterocycles. The average molecular weight is 212 g/mol. The molecule has 0 atom stereocenters. The Kier molecular flexibility index (Phi) is 6.25. The van der Waals surface area contributed by atoms with E-state index in [2.05, 4.69) is 36.2 Å². The Bertz CT molecular complexity index is 182. The van der Waals surface area contributed by atoms with E-state index in [0.29, 0.717) is 0 Å². The van der Waals surface area contributed by atoms with Crippen LogP contribution in [0.3, 0.4) is 0 Å². The maximum atomic E-state index is 5.30. The molecule has 88 valence electrons. The fourth-order valence-corrected chi connectivity index (χ4v) is 1.75. The van der Waals surface area contributed by atoms with Crippen LogP contribution >= 0.6 is 0 Å². The topological polar surface area (TPSA) is 15.7 Å². The lowest BCUT2D eigenvalue weighted by Gasteiger charge is -2.17. The first kappa shape index (κ1) is 12.4. The minimum absolute atomic E-state index is 0.852. The minimum atomic E-state index is 0.852. The van der Waals surface area contributed by atoms with Crippen LogP contribution < -0.4 is 0 Å². The van der Waals surface area contributed by atoms with E-state index in [1.807, 2.05) is 0 Å². The van der Waals surface area contributed by atoms with Crippen molar-refractivity contribution in [2.75, 3.05) is 33.5 Å². The highest BCUT2D eigenvalue weighted by atomic mass is 16.5. The van der Waals surface area contributed by atoms with Crippen LogP contribution in [0.4, 0.5) is 0 Å². The van der Waals surface area contributed by atoms with Crippen molar-refractivity contribution < 1.29 is 4.74 Å². The molecule has 0 aliphatic carbocycles. The quantitative estimate of drug-likeness (QED) is 0.574. The van der Waals surface area contributed by atoms with E-state index in [4.69, 9.17) is 4.74 Å². The molecule has 0 spiro atoms. The Labute approximate surface area is 93.7 Å². The second-order valence-corrected chi connectivity index (χ2v) is 4.12. The van der Waals surface area contributed by atoms with Gasteiger partial charge in [0, 0.05) is 39.2 Å². The number of hydrogen-bond donors (Lipinski definition) is 0. The Morgan fingerprint density at radius 1 is 1.13 bits per heavy atom. The smallest absolute Gasteiger partial charge is 0.0890 e. The maximum Gasteiger partial charge on any atom is 0.0890 e. The van der Waals surface area contributed by atoms with Crippen molar-refractivity contribution in [1.82, 2.24) is 9.80 Å². The predicted octanol–water partition coefficient (Wildman–Crippen LogP) is 2.26. The van der Waals surface area contributed by atoms with E-state index in [9.17, 15) is 0 Å². The number of ether oxygens (including phenoxy) is 1. The fraction of sp³-hybridized carbons (Fsp3) is 0.833. The normalized spacial score (nSPS) is 15.3. The van der Waals surface area contributed by atoms with E-state index in [1.165, 1.54) is 32.2 Å². The molecule has 0 aromatic heterocycles. The summed E-state index contributed by atoms with van der Waals surface area (Å²) in [6, 6.07) is 0. The van der Waals surface area contributed by atoms with Gasteiger partial charge in [-0.25, -0.2) is 0 Å². The molecule has 0 unspecified atom stereocenters. The highest BCUT2D eigenvalue weighted by molar-refractivity contribution is 4.88. The van der Waals surface area contributed by atoms with Crippen molar-refractivity contribution in [2.45, 2.75) is 32.6 Å². The molecule has 0 saturated carbocycles. The predicted molar refractivity (Wildman–Crippen MR) is 63.4 cm³/mol. The van der Waals surface area contributed by atoms with E-state index in [0.717, 1.165) is 19.9 Å². The zero-order valence-electron chi connectivity index (χ0n) is 10.1. The van der Waals surface area contributed by atoms with Gasteiger partial charge in [0.2, 0.25) is 0 Å². The first-order valence-corrected chi connectivity index (χ1v) is 6.03. The van der Waals surface area contributed by atoms with Gasteiger partial charge >= 0.3 is 0 Å². The van der Waals surface area contributed by atoms with E-state index >= 15 is 0 Å². The van der Waals surface area contributed by atoms with E-state index in [-0.39, 0.29) is 0 Å². The SMILES string of the molecule is CCOCCCCCCN1C=CN(C)C1. The lowest BCUT2D eigenvalue weighted by molar-refractivity contribution is 0.142. The standard InChI is InChI=1S/C12H24N2O/c1-3-15-11-7-5-4-6-8-14-10-9-13(2)12-14/h9-10H,3-8,11-12H2,1-2H3. The maximum absolute atomic E-state index is 5.30. The van der Waals surface area contributed by atoms with Gasteiger partial charge in [-0.1, -0.05) is 12.8 Å². The van der Waals surface area contributed by atoms with Gasteiger partial charge in [0.1, 0.15) is 0 Å². The zero-order chi connectivity index (χ0) is 10.9. The number of hydrogen-bond acceptors (Lipinski definition) is 3. The summed E-state index contributed by atoms with van der Waals surface area (Å²) >= 11 is 0. The summed E-state index contributed by atoms with van der Waals surface area (Å²) in [5.41, 5.74) is 0. The first-order chi connectivity index (χ1) is 7.33. The van der Waals surface area contributed by atoms with Crippen LogP contribution in [0.5, 0.6) is 0 Å². The number of nitrogens with zero attached hydrogens (tertiary/aromatic N) is 2. The highest BCUT2D eigenvalue weighted by Crippen LogP contribution is 2.07. The molecule has 15 heavy (non-hydrogen) atoms. The molecule has 3 nitrogen and oxygen atoms in total. The van der Waals surface area contributed by atoms with Gasteiger partial charge in [-0.2, -0.15) is 0 Å². The highest BCUT2D eigenvalue weighted by Gasteiger charge is 2.06. The van der Waals surface area contributed by atoms with Crippen LogP contribution in [0.2, 0.25) is 0 Å². The second kappa shape index (κ2) is 7.57. The van der Waals surface area contributed by atoms with Crippen molar-refractivity contribution in [3.63, 3.8) is 0 Å². The van der Waals surface area contributed by atoms with Crippen LogP contribution in [0.25, 0.3) is 0 Å². The van der Waals surface area contributed by atoms with Gasteiger partial charge in [-0.05, 0) is 19.8 Å². The third-order valence-corrected chi connectivity index (χ3v) is 2.62. The van der Waals surface area contributed by atoms with Crippen LogP contribution in [0, 0.1) is 0 Å². The molecule has 1 aliphatic heterocycles. The molecule has 1 aliphatic rings. The molecule has 1 rings (SSSR count). The average Bonchev–Trinajstić information content (AvgIpc) is 2.63. The largest absolute Gasteiger partial charge is 0.382 e. The number of unbranched alkanes of at least 4 members (excludes halogenated alkanes) is 3. The molecule has 0 radical (unpaired) electrons. The van der Waals surface area contributed by atoms with Crippen LogP contribution in [0.1, 0.15) is 32.6 Å². The van der Waals surface area contributed by atoms with E-state index < -0.39 is 0 Å². The van der Waals surface area contributed by atoms with Crippen LogP contribution in [-0.2, 0) is 4.74 Å². The van der Waals surface area contributed by atoms with Gasteiger partial charge in [0.05, 0.1) is 6.67 Å². The molecule has 0 fully saturated rings. The molecule has 0 aromatic rings. The Morgan fingerprint density at radius 3 is 2.60 bits per heavy atom. The Balaban J connectivity index is 1.83. The molecule has 0 saturated heterocycles. The molecular weight excluding hydrogens is 188 g/mol. The summed E-state index contributed by atoms with van der Waals surface area (Å²) in [5, 5.41) is 0. The van der Waals surface area contributed by atoms with Gasteiger partial charge in [0.25, 0.3) is 0 Å². The summed E-state index contributed by atoms with van der Waals surface area (Å²) in [5.74, 6) is 0. The lowest BCUT2D eigenvalue weighted by Crippen LogP contribution is -2.23. The molecule has 0 aromatic carbocycles. The van der Waals surface area contributed by atoms with Crippen molar-refractivity contribution in [2.24, 2.45) is 0 Å². The number of rotatable bonds is 8. The molecule has 3 heteroatoms. The summed E-state index contributed by atoms with van der Waals surface area (Å²) in [6.45, 7) is 6.08. The summed E-state index contributed by atoms with van der Waals surface area (Å²) in [4.78, 5) is 4.57. The third-order valence-electron chi connectivity index (χ3n) is 2.62. The fourth-order valence-electron chi connectivity index (χ4n) is 1.75. The Hall–Kier alpha value is -0.700. The first-order valence-electron chi connectivity index (χ1n) is 6.03. The van der Waals surface area contributed by atoms with Gasteiger partial charge in [-0.15, -0.1) is 0 Å². The minimum Gasteiger partial charge on any atom is -0.382 e. The monoisotopic (exact) mass is 212 g/mol. The van der Waals surface area contributed by atoms with Crippen molar-refractivity contribution >= 4 is 0 Å². The van der Waals surface area contributed by atoms with Crippen LogP contribution in [-0.4, -0.2) is 43.3 Å². The summed E-state index contributed by atoms with van der Waals surface area (Å²) in [6.07, 6.45) is 9.44. The van der Waals surface area contributed by atoms with E-state index in [1.54, 1.807) is 0 Å². The molecule has 0 bridgehead atoms. The van der Waals surface area contributed by atoms with Gasteiger partial charge in [0.15, 0.2) is 0 Å². The van der Waals surface area contributed by atoms with Crippen molar-refractivity contribution in [3.05, 3.63) is 12.4 Å². The van der Waals surface area contributed by atoms with Crippen LogP contribution in [0.15, 0.2) is 12.4 Å². The van der Waals surface area contributed by atoms with Gasteiger partial charge in [-0.3, -0.25) is 0 Å². The zero-order valence-corrected chi connectivity index (χ0v) is 10.1. The van der Waals surface area contributed by atoms with Crippen molar-refractivity contribution in [1.29, 1.82) is 0 Å². The molecule has 0 amide bonds. The molecular formula is C12H24N2O.